The molecule has 0 amide bonds. The molecule has 0 unspecified atom stereocenters. The largest absolute Gasteiger partial charge is 0.296 e. The third kappa shape index (κ3) is 1.36. The van der Waals surface area contributed by atoms with Gasteiger partial charge in [-0.3, -0.25) is 9.20 Å². The number of aldehydes is 1. The molecule has 0 saturated carbocycles. The Labute approximate surface area is 87.5 Å². The maximum atomic E-state index is 10.6. The normalized spacial score (nSPS) is 10.6. The number of carbonyl (C=O) groups is 1. The second-order valence-corrected chi connectivity index (χ2v) is 3.75. The van der Waals surface area contributed by atoms with E-state index < -0.39 is 0 Å². The fourth-order valence-corrected chi connectivity index (χ4v) is 1.66. The number of nitrogens with zero attached hydrogens (tertiary/aromatic N) is 2. The summed E-state index contributed by atoms with van der Waals surface area (Å²) in [6.07, 6.45) is 2.43. The number of rotatable bonds is 1. The number of imidazole rings is 1. The van der Waals surface area contributed by atoms with Crippen molar-refractivity contribution in [2.24, 2.45) is 0 Å². The molecule has 0 aliphatic rings. The van der Waals surface area contributed by atoms with Gasteiger partial charge in [-0.25, -0.2) is 4.98 Å². The third-order valence-electron chi connectivity index (χ3n) is 1.69. The summed E-state index contributed by atoms with van der Waals surface area (Å²) in [5.74, 6) is 0. The van der Waals surface area contributed by atoms with Gasteiger partial charge in [0.15, 0.2) is 11.4 Å². The van der Waals surface area contributed by atoms with Gasteiger partial charge < -0.3 is 0 Å². The van der Waals surface area contributed by atoms with E-state index in [1.807, 2.05) is 6.07 Å². The van der Waals surface area contributed by atoms with Crippen LogP contribution in [0.15, 0.2) is 22.8 Å². The Morgan fingerprint density at radius 3 is 3.08 bits per heavy atom. The van der Waals surface area contributed by atoms with Gasteiger partial charge in [0.1, 0.15) is 11.3 Å². The van der Waals surface area contributed by atoms with Crippen LogP contribution in [0.25, 0.3) is 5.65 Å². The van der Waals surface area contributed by atoms with E-state index in [-0.39, 0.29) is 5.15 Å². The molecule has 66 valence electrons. The molecule has 2 aromatic rings. The van der Waals surface area contributed by atoms with Gasteiger partial charge in [-0.15, -0.1) is 0 Å². The molecular formula is C8H4BrClN2O. The number of fused-ring (bicyclic) bond motifs is 1. The summed E-state index contributed by atoms with van der Waals surface area (Å²) < 4.78 is 2.54. The Morgan fingerprint density at radius 2 is 2.38 bits per heavy atom. The Hall–Kier alpha value is -0.870. The van der Waals surface area contributed by atoms with E-state index in [9.17, 15) is 4.79 Å². The molecule has 0 bridgehead atoms. The number of hydrogen-bond acceptors (Lipinski definition) is 2. The van der Waals surface area contributed by atoms with Gasteiger partial charge in [-0.2, -0.15) is 0 Å². The summed E-state index contributed by atoms with van der Waals surface area (Å²) in [5, 5.41) is 0.230. The van der Waals surface area contributed by atoms with Gasteiger partial charge in [-0.1, -0.05) is 27.5 Å². The van der Waals surface area contributed by atoms with Crippen LogP contribution in [0.2, 0.25) is 5.15 Å². The number of hydrogen-bond donors (Lipinski definition) is 0. The first kappa shape index (κ1) is 8.72. The second kappa shape index (κ2) is 3.12. The van der Waals surface area contributed by atoms with E-state index in [1.54, 1.807) is 16.7 Å². The molecule has 0 aromatic carbocycles. The summed E-state index contributed by atoms with van der Waals surface area (Å²) in [6, 6.07) is 3.61. The van der Waals surface area contributed by atoms with Gasteiger partial charge >= 0.3 is 0 Å². The fraction of sp³-hybridized carbons (Fsp3) is 0. The number of aromatic nitrogens is 2. The quantitative estimate of drug-likeness (QED) is 0.738. The molecule has 0 aliphatic heterocycles. The zero-order chi connectivity index (χ0) is 9.42. The maximum absolute atomic E-state index is 10.6. The minimum Gasteiger partial charge on any atom is -0.296 e. The highest BCUT2D eigenvalue weighted by atomic mass is 79.9. The van der Waals surface area contributed by atoms with Crippen LogP contribution in [0.3, 0.4) is 0 Å². The van der Waals surface area contributed by atoms with Gasteiger partial charge in [0.25, 0.3) is 0 Å². The van der Waals surface area contributed by atoms with E-state index in [1.165, 1.54) is 0 Å². The highest BCUT2D eigenvalue weighted by Crippen LogP contribution is 2.18. The summed E-state index contributed by atoms with van der Waals surface area (Å²) >= 11 is 9.04. The van der Waals surface area contributed by atoms with E-state index in [0.29, 0.717) is 17.6 Å². The highest BCUT2D eigenvalue weighted by molar-refractivity contribution is 9.10. The molecule has 2 heterocycles. The van der Waals surface area contributed by atoms with E-state index in [2.05, 4.69) is 20.9 Å². The van der Waals surface area contributed by atoms with Crippen molar-refractivity contribution in [2.45, 2.75) is 0 Å². The molecule has 0 aliphatic carbocycles. The van der Waals surface area contributed by atoms with Crippen LogP contribution in [0.1, 0.15) is 10.5 Å². The molecule has 0 fully saturated rings. The predicted molar refractivity (Wildman–Crippen MR) is 53.3 cm³/mol. The van der Waals surface area contributed by atoms with Crippen LogP contribution < -0.4 is 0 Å². The molecule has 0 N–H and O–H groups in total. The van der Waals surface area contributed by atoms with Crippen molar-refractivity contribution in [2.75, 3.05) is 0 Å². The molecule has 3 nitrogen and oxygen atoms in total. The fourth-order valence-electron chi connectivity index (χ4n) is 1.12. The Morgan fingerprint density at radius 1 is 1.62 bits per heavy atom. The van der Waals surface area contributed by atoms with E-state index >= 15 is 0 Å². The minimum atomic E-state index is 0.230. The van der Waals surface area contributed by atoms with Crippen LogP contribution in [0, 0.1) is 0 Å². The van der Waals surface area contributed by atoms with Crippen molar-refractivity contribution in [3.05, 3.63) is 33.6 Å². The molecular weight excluding hydrogens is 255 g/mol. The molecule has 2 rings (SSSR count). The van der Waals surface area contributed by atoms with Crippen molar-refractivity contribution < 1.29 is 4.79 Å². The van der Waals surface area contributed by atoms with Crippen molar-refractivity contribution >= 4 is 39.5 Å². The lowest BCUT2D eigenvalue weighted by molar-refractivity contribution is 0.111. The molecule has 2 aromatic heterocycles. The molecule has 0 atom stereocenters. The van der Waals surface area contributed by atoms with Gasteiger partial charge in [0.2, 0.25) is 0 Å². The van der Waals surface area contributed by atoms with Crippen LogP contribution >= 0.6 is 27.5 Å². The first-order valence-electron chi connectivity index (χ1n) is 3.50. The molecule has 0 spiro atoms. The topological polar surface area (TPSA) is 34.4 Å². The van der Waals surface area contributed by atoms with Crippen molar-refractivity contribution in [3.63, 3.8) is 0 Å². The second-order valence-electron chi connectivity index (χ2n) is 2.48. The Bertz CT molecular complexity index is 480. The lowest BCUT2D eigenvalue weighted by Crippen LogP contribution is -1.89. The SMILES string of the molecule is O=Cc1c(Cl)nc2cc(Br)ccn12. The molecule has 0 saturated heterocycles. The van der Waals surface area contributed by atoms with E-state index in [0.717, 1.165) is 4.47 Å². The lowest BCUT2D eigenvalue weighted by atomic mass is 10.4. The van der Waals surface area contributed by atoms with Crippen LogP contribution in [-0.2, 0) is 0 Å². The zero-order valence-electron chi connectivity index (χ0n) is 6.37. The Balaban J connectivity index is 2.86. The average molecular weight is 259 g/mol. The van der Waals surface area contributed by atoms with Crippen LogP contribution in [-0.4, -0.2) is 15.7 Å². The van der Waals surface area contributed by atoms with Gasteiger partial charge in [-0.05, 0) is 12.1 Å². The molecule has 13 heavy (non-hydrogen) atoms. The monoisotopic (exact) mass is 258 g/mol. The summed E-state index contributed by atoms with van der Waals surface area (Å²) in [5.41, 5.74) is 1.03. The third-order valence-corrected chi connectivity index (χ3v) is 2.46. The summed E-state index contributed by atoms with van der Waals surface area (Å²) in [6.45, 7) is 0. The average Bonchev–Trinajstić information content (AvgIpc) is 2.39. The number of carbonyl (C=O) groups excluding carboxylic acids is 1. The van der Waals surface area contributed by atoms with E-state index in [4.69, 9.17) is 11.6 Å². The maximum Gasteiger partial charge on any atom is 0.170 e. The summed E-state index contributed by atoms with van der Waals surface area (Å²) in [7, 11) is 0. The first-order chi connectivity index (χ1) is 6.22. The first-order valence-corrected chi connectivity index (χ1v) is 4.68. The lowest BCUT2D eigenvalue weighted by Gasteiger charge is -1.94. The highest BCUT2D eigenvalue weighted by Gasteiger charge is 2.08. The Kier molecular flexibility index (Phi) is 2.09. The van der Waals surface area contributed by atoms with Crippen molar-refractivity contribution in [1.82, 2.24) is 9.38 Å². The van der Waals surface area contributed by atoms with Gasteiger partial charge in [0.05, 0.1) is 0 Å². The summed E-state index contributed by atoms with van der Waals surface area (Å²) in [4.78, 5) is 14.6. The minimum absolute atomic E-state index is 0.230. The number of halogens is 2. The smallest absolute Gasteiger partial charge is 0.170 e. The van der Waals surface area contributed by atoms with Crippen LogP contribution in [0.5, 0.6) is 0 Å². The molecule has 0 radical (unpaired) electrons. The predicted octanol–water partition coefficient (Wildman–Crippen LogP) is 2.56. The standard InChI is InChI=1S/C8H4BrClN2O/c9-5-1-2-12-6(4-13)8(10)11-7(12)3-5/h1-4H. The van der Waals surface area contributed by atoms with Gasteiger partial charge in [0, 0.05) is 10.7 Å². The van der Waals surface area contributed by atoms with Crippen LogP contribution in [0.4, 0.5) is 0 Å². The zero-order valence-corrected chi connectivity index (χ0v) is 8.71. The van der Waals surface area contributed by atoms with Crippen molar-refractivity contribution in [3.8, 4) is 0 Å². The molecule has 5 heteroatoms. The number of pyridine rings is 1. The van der Waals surface area contributed by atoms with Crippen molar-refractivity contribution in [1.29, 1.82) is 0 Å².